The Labute approximate surface area is 274 Å². The molecule has 0 fully saturated rings. The zero-order valence-corrected chi connectivity index (χ0v) is 26.2. The number of halogens is 3. The minimum Gasteiger partial charge on any atom is -0.311 e. The average Bonchev–Trinajstić information content (AvgIpc) is 3.58. The van der Waals surface area contributed by atoms with Crippen molar-refractivity contribution in [3.05, 3.63) is 136 Å². The lowest BCUT2D eigenvalue weighted by Gasteiger charge is -2.21. The van der Waals surface area contributed by atoms with E-state index in [1.165, 1.54) is 6.07 Å². The molecule has 0 radical (unpaired) electrons. The molecule has 0 atom stereocenters. The maximum absolute atomic E-state index is 14.1. The van der Waals surface area contributed by atoms with Crippen LogP contribution in [0.4, 0.5) is 13.2 Å². The normalized spacial score (nSPS) is 12.8. The van der Waals surface area contributed by atoms with Crippen LogP contribution in [0.15, 0.2) is 97.1 Å². The molecule has 0 N–H and O–H groups in total. The van der Waals surface area contributed by atoms with E-state index < -0.39 is 11.7 Å². The zero-order chi connectivity index (χ0) is 33.3. The molecule has 0 saturated carbocycles. The molecule has 5 aromatic carbocycles. The van der Waals surface area contributed by atoms with E-state index in [0.29, 0.717) is 11.3 Å². The number of aryl methyl sites for hydroxylation is 2. The molecule has 1 aliphatic rings. The number of benzene rings is 5. The van der Waals surface area contributed by atoms with Gasteiger partial charge in [0.2, 0.25) is 0 Å². The van der Waals surface area contributed by atoms with Crippen LogP contribution in [-0.4, -0.2) is 9.13 Å². The fourth-order valence-corrected chi connectivity index (χ4v) is 7.22. The fraction of sp³-hybridized carbons (Fsp3) is 0.122. The van der Waals surface area contributed by atoms with E-state index in [0.717, 1.165) is 85.8 Å². The van der Waals surface area contributed by atoms with E-state index in [1.807, 2.05) is 44.2 Å². The van der Waals surface area contributed by atoms with Crippen LogP contribution < -0.4 is 0 Å². The Bertz CT molecular complexity index is 2600. The molecular formula is C41H27F3N4. The molecule has 0 aliphatic heterocycles. The third-order valence-corrected chi connectivity index (χ3v) is 9.34. The second-order valence-corrected chi connectivity index (χ2v) is 12.4. The summed E-state index contributed by atoms with van der Waals surface area (Å²) < 4.78 is 46.6. The summed E-state index contributed by atoms with van der Waals surface area (Å²) in [4.78, 5) is 0. The lowest BCUT2D eigenvalue weighted by Crippen LogP contribution is -2.09. The van der Waals surface area contributed by atoms with Crippen molar-refractivity contribution in [3.8, 4) is 34.6 Å². The smallest absolute Gasteiger partial charge is 0.311 e. The van der Waals surface area contributed by atoms with Gasteiger partial charge < -0.3 is 9.13 Å². The van der Waals surface area contributed by atoms with Gasteiger partial charge in [-0.15, -0.1) is 0 Å². The van der Waals surface area contributed by atoms with Crippen molar-refractivity contribution in [2.24, 2.45) is 0 Å². The standard InChI is InChI=1S/C41H27F3N4/c1-24-11-13-32-30-7-3-5-9-35(30)47(37(32)15-24)39-20-28(23-46)34(27-17-26(22-45)18-29(19-27)41(42,43)44)21-40(39)48-36-10-6-4-8-31(36)33-14-12-25(2)16-38(33)48/h3-4,6-8,10-21H,5,9H2,1-2H3. The van der Waals surface area contributed by atoms with Crippen molar-refractivity contribution in [2.45, 2.75) is 32.9 Å². The predicted octanol–water partition coefficient (Wildman–Crippen LogP) is 10.7. The van der Waals surface area contributed by atoms with Crippen LogP contribution in [0, 0.1) is 36.5 Å². The van der Waals surface area contributed by atoms with Gasteiger partial charge in [-0.1, -0.05) is 54.6 Å². The minimum atomic E-state index is -4.67. The second-order valence-electron chi connectivity index (χ2n) is 12.4. The second kappa shape index (κ2) is 10.8. The number of fused-ring (bicyclic) bond motifs is 6. The van der Waals surface area contributed by atoms with Gasteiger partial charge in [0.15, 0.2) is 0 Å². The third kappa shape index (κ3) is 4.51. The number of alkyl halides is 3. The first-order chi connectivity index (χ1) is 23.2. The van der Waals surface area contributed by atoms with Gasteiger partial charge in [0.1, 0.15) is 0 Å². The van der Waals surface area contributed by atoms with E-state index >= 15 is 0 Å². The van der Waals surface area contributed by atoms with Crippen LogP contribution in [0.3, 0.4) is 0 Å². The Balaban J connectivity index is 1.56. The number of aromatic nitrogens is 2. The van der Waals surface area contributed by atoms with Gasteiger partial charge in [0.05, 0.1) is 56.8 Å². The lowest BCUT2D eigenvalue weighted by atomic mass is 9.94. The Morgan fingerprint density at radius 1 is 0.688 bits per heavy atom. The van der Waals surface area contributed by atoms with E-state index in [4.69, 9.17) is 0 Å². The Hall–Kier alpha value is -6.05. The molecule has 8 rings (SSSR count). The first-order valence-electron chi connectivity index (χ1n) is 15.7. The molecule has 1 aliphatic carbocycles. The summed E-state index contributed by atoms with van der Waals surface area (Å²) in [6.07, 6.45) is 1.30. The van der Waals surface area contributed by atoms with Crippen LogP contribution in [0.25, 0.3) is 61.3 Å². The van der Waals surface area contributed by atoms with E-state index in [2.05, 4.69) is 69.8 Å². The van der Waals surface area contributed by atoms with Gasteiger partial charge in [-0.25, -0.2) is 0 Å². The molecule has 4 nitrogen and oxygen atoms in total. The first-order valence-corrected chi connectivity index (χ1v) is 15.7. The molecule has 2 heterocycles. The largest absolute Gasteiger partial charge is 0.416 e. The first kappa shape index (κ1) is 29.4. The van der Waals surface area contributed by atoms with Crippen LogP contribution in [0.5, 0.6) is 0 Å². The third-order valence-electron chi connectivity index (χ3n) is 9.34. The Morgan fingerprint density at radius 2 is 1.38 bits per heavy atom. The van der Waals surface area contributed by atoms with Gasteiger partial charge >= 0.3 is 6.18 Å². The molecule has 0 spiro atoms. The van der Waals surface area contributed by atoms with Crippen molar-refractivity contribution < 1.29 is 13.2 Å². The molecule has 0 amide bonds. The maximum Gasteiger partial charge on any atom is 0.416 e. The molecule has 0 unspecified atom stereocenters. The summed E-state index contributed by atoms with van der Waals surface area (Å²) >= 11 is 0. The Kier molecular flexibility index (Phi) is 6.58. The van der Waals surface area contributed by atoms with E-state index in [9.17, 15) is 23.7 Å². The van der Waals surface area contributed by atoms with Gasteiger partial charge in [-0.2, -0.15) is 23.7 Å². The minimum absolute atomic E-state index is 0.130. The number of rotatable bonds is 3. The number of nitrogens with zero attached hydrogens (tertiary/aromatic N) is 4. The van der Waals surface area contributed by atoms with E-state index in [1.54, 1.807) is 6.07 Å². The molecule has 48 heavy (non-hydrogen) atoms. The highest BCUT2D eigenvalue weighted by molar-refractivity contribution is 6.10. The molecule has 0 bridgehead atoms. The van der Waals surface area contributed by atoms with Crippen LogP contribution >= 0.6 is 0 Å². The van der Waals surface area contributed by atoms with Crippen LogP contribution in [0.1, 0.15) is 45.5 Å². The van der Waals surface area contributed by atoms with Crippen molar-refractivity contribution >= 4 is 38.8 Å². The van der Waals surface area contributed by atoms with Crippen molar-refractivity contribution in [3.63, 3.8) is 0 Å². The molecule has 2 aromatic heterocycles. The summed E-state index contributed by atoms with van der Waals surface area (Å²) in [6, 6.07) is 31.8. The van der Waals surface area contributed by atoms with Gasteiger partial charge in [-0.05, 0) is 91.9 Å². The molecule has 0 saturated heterocycles. The molecule has 7 aromatic rings. The topological polar surface area (TPSA) is 57.4 Å². The van der Waals surface area contributed by atoms with Crippen molar-refractivity contribution in [1.29, 1.82) is 10.5 Å². The summed E-state index contributed by atoms with van der Waals surface area (Å²) in [5.74, 6) is 0. The Morgan fingerprint density at radius 3 is 2.10 bits per heavy atom. The average molecular weight is 633 g/mol. The summed E-state index contributed by atoms with van der Waals surface area (Å²) in [6.45, 7) is 4.08. The SMILES string of the molecule is Cc1ccc2c3c(n(-c4cc(C#N)c(-c5cc(C#N)cc(C(F)(F)F)c5)cc4-n4c5ccccc5c5ccc(C)cc54)c2c1)CCC=C3. The molecule has 232 valence electrons. The highest BCUT2D eigenvalue weighted by atomic mass is 19.4. The zero-order valence-electron chi connectivity index (χ0n) is 26.2. The van der Waals surface area contributed by atoms with Crippen LogP contribution in [-0.2, 0) is 12.6 Å². The van der Waals surface area contributed by atoms with E-state index in [-0.39, 0.29) is 16.7 Å². The quantitative estimate of drug-likeness (QED) is 0.195. The lowest BCUT2D eigenvalue weighted by molar-refractivity contribution is -0.137. The fourth-order valence-electron chi connectivity index (χ4n) is 7.22. The summed E-state index contributed by atoms with van der Waals surface area (Å²) in [7, 11) is 0. The number of nitriles is 2. The van der Waals surface area contributed by atoms with Gasteiger partial charge in [0, 0.05) is 33.0 Å². The van der Waals surface area contributed by atoms with Gasteiger partial charge in [-0.3, -0.25) is 0 Å². The molecular weight excluding hydrogens is 605 g/mol. The molecule has 7 heteroatoms. The summed E-state index contributed by atoms with van der Waals surface area (Å²) in [5.41, 5.74) is 8.32. The van der Waals surface area contributed by atoms with Gasteiger partial charge in [0.25, 0.3) is 0 Å². The van der Waals surface area contributed by atoms with Crippen molar-refractivity contribution in [1.82, 2.24) is 9.13 Å². The van der Waals surface area contributed by atoms with Crippen molar-refractivity contribution in [2.75, 3.05) is 0 Å². The number of hydrogen-bond acceptors (Lipinski definition) is 2. The summed E-state index contributed by atoms with van der Waals surface area (Å²) in [5, 5.41) is 23.5. The van der Waals surface area contributed by atoms with Crippen LogP contribution in [0.2, 0.25) is 0 Å². The number of para-hydroxylation sites is 1. The maximum atomic E-state index is 14.1. The number of hydrogen-bond donors (Lipinski definition) is 0. The monoisotopic (exact) mass is 632 g/mol. The predicted molar refractivity (Wildman–Crippen MR) is 184 cm³/mol. The highest BCUT2D eigenvalue weighted by Gasteiger charge is 2.32. The number of allylic oxidation sites excluding steroid dienone is 1. The highest BCUT2D eigenvalue weighted by Crippen LogP contribution is 2.42.